The first-order chi connectivity index (χ1) is 9.72. The normalized spacial score (nSPS) is 19.4. The van der Waals surface area contributed by atoms with Gasteiger partial charge in [-0.25, -0.2) is 0 Å². The van der Waals surface area contributed by atoms with Crippen LogP contribution in [0.25, 0.3) is 0 Å². The molecular formula is C18H20IN. The van der Waals surface area contributed by atoms with Gasteiger partial charge in [-0.05, 0) is 77.6 Å². The second-order valence-electron chi connectivity index (χ2n) is 5.65. The molecule has 0 radical (unpaired) electrons. The van der Waals surface area contributed by atoms with Gasteiger partial charge in [0.2, 0.25) is 0 Å². The van der Waals surface area contributed by atoms with Crippen molar-refractivity contribution >= 4 is 22.6 Å². The zero-order chi connectivity index (χ0) is 13.9. The molecule has 0 saturated carbocycles. The van der Waals surface area contributed by atoms with Crippen LogP contribution in [0.3, 0.4) is 0 Å². The van der Waals surface area contributed by atoms with Crippen molar-refractivity contribution in [3.8, 4) is 0 Å². The molecule has 2 atom stereocenters. The van der Waals surface area contributed by atoms with Crippen molar-refractivity contribution in [3.63, 3.8) is 0 Å². The molecule has 1 nitrogen and oxygen atoms in total. The predicted octanol–water partition coefficient (Wildman–Crippen LogP) is 4.50. The summed E-state index contributed by atoms with van der Waals surface area (Å²) in [6, 6.07) is 18.7. The number of fused-ring (bicyclic) bond motifs is 1. The molecule has 0 spiro atoms. The highest BCUT2D eigenvalue weighted by atomic mass is 127. The van der Waals surface area contributed by atoms with Crippen molar-refractivity contribution in [1.29, 1.82) is 0 Å². The Kier molecular flexibility index (Phi) is 4.41. The van der Waals surface area contributed by atoms with E-state index in [1.165, 1.54) is 33.1 Å². The van der Waals surface area contributed by atoms with Crippen LogP contribution in [0, 0.1) is 3.57 Å². The Morgan fingerprint density at radius 1 is 1.05 bits per heavy atom. The third kappa shape index (κ3) is 3.23. The minimum Gasteiger partial charge on any atom is -0.307 e. The van der Waals surface area contributed by atoms with E-state index in [1.54, 1.807) is 0 Å². The average Bonchev–Trinajstić information content (AvgIpc) is 2.48. The molecule has 0 amide bonds. The molecular weight excluding hydrogens is 357 g/mol. The lowest BCUT2D eigenvalue weighted by Gasteiger charge is -2.28. The summed E-state index contributed by atoms with van der Waals surface area (Å²) >= 11 is 2.36. The second kappa shape index (κ2) is 6.27. The first-order valence-electron chi connectivity index (χ1n) is 7.30. The average molecular weight is 377 g/mol. The Morgan fingerprint density at radius 2 is 1.75 bits per heavy atom. The molecule has 2 aromatic rings. The molecule has 2 heteroatoms. The van der Waals surface area contributed by atoms with Gasteiger partial charge in [0.25, 0.3) is 0 Å². The van der Waals surface area contributed by atoms with Crippen LogP contribution < -0.4 is 5.32 Å². The number of aryl methyl sites for hydroxylation is 1. The summed E-state index contributed by atoms with van der Waals surface area (Å²) < 4.78 is 1.30. The third-order valence-corrected chi connectivity index (χ3v) is 4.92. The fourth-order valence-electron chi connectivity index (χ4n) is 3.04. The molecule has 0 aromatic heterocycles. The van der Waals surface area contributed by atoms with Crippen LogP contribution in [0.15, 0.2) is 48.5 Å². The number of nitrogens with one attached hydrogen (secondary N) is 1. The van der Waals surface area contributed by atoms with E-state index in [9.17, 15) is 0 Å². The third-order valence-electron chi connectivity index (χ3n) is 4.20. The molecule has 0 saturated heterocycles. The summed E-state index contributed by atoms with van der Waals surface area (Å²) in [7, 11) is 0. The zero-order valence-corrected chi connectivity index (χ0v) is 13.9. The van der Waals surface area contributed by atoms with Crippen molar-refractivity contribution < 1.29 is 0 Å². The van der Waals surface area contributed by atoms with E-state index in [-0.39, 0.29) is 0 Å². The molecule has 0 aliphatic heterocycles. The van der Waals surface area contributed by atoms with Gasteiger partial charge in [-0.1, -0.05) is 36.4 Å². The molecule has 2 unspecified atom stereocenters. The monoisotopic (exact) mass is 377 g/mol. The van der Waals surface area contributed by atoms with Crippen LogP contribution in [-0.2, 0) is 12.8 Å². The van der Waals surface area contributed by atoms with Crippen LogP contribution in [-0.4, -0.2) is 6.04 Å². The highest BCUT2D eigenvalue weighted by molar-refractivity contribution is 14.1. The van der Waals surface area contributed by atoms with Gasteiger partial charge >= 0.3 is 0 Å². The summed E-state index contributed by atoms with van der Waals surface area (Å²) in [6.07, 6.45) is 3.60. The van der Waals surface area contributed by atoms with Crippen molar-refractivity contribution in [2.75, 3.05) is 0 Å². The van der Waals surface area contributed by atoms with Gasteiger partial charge < -0.3 is 5.32 Å². The van der Waals surface area contributed by atoms with Crippen LogP contribution >= 0.6 is 22.6 Å². The highest BCUT2D eigenvalue weighted by Crippen LogP contribution is 2.23. The molecule has 0 bridgehead atoms. The van der Waals surface area contributed by atoms with Crippen LogP contribution in [0.5, 0.6) is 0 Å². The summed E-state index contributed by atoms with van der Waals surface area (Å²) in [6.45, 7) is 2.27. The molecule has 0 fully saturated rings. The van der Waals surface area contributed by atoms with Crippen molar-refractivity contribution in [2.45, 2.75) is 38.3 Å². The largest absolute Gasteiger partial charge is 0.307 e. The molecule has 104 valence electrons. The van der Waals surface area contributed by atoms with Gasteiger partial charge in [0, 0.05) is 15.7 Å². The molecule has 1 aliphatic carbocycles. The zero-order valence-electron chi connectivity index (χ0n) is 11.8. The van der Waals surface area contributed by atoms with Crippen LogP contribution in [0.2, 0.25) is 0 Å². The quantitative estimate of drug-likeness (QED) is 0.777. The van der Waals surface area contributed by atoms with Crippen LogP contribution in [0.1, 0.15) is 36.1 Å². The minimum atomic E-state index is 0.419. The minimum absolute atomic E-state index is 0.419. The van der Waals surface area contributed by atoms with E-state index in [4.69, 9.17) is 0 Å². The maximum atomic E-state index is 3.79. The Bertz CT molecular complexity index is 576. The Hall–Kier alpha value is -0.870. The number of hydrogen-bond donors (Lipinski definition) is 1. The van der Waals surface area contributed by atoms with Gasteiger partial charge in [0.05, 0.1) is 0 Å². The number of hydrogen-bond acceptors (Lipinski definition) is 1. The smallest absolute Gasteiger partial charge is 0.0294 e. The molecule has 0 heterocycles. The maximum absolute atomic E-state index is 3.79. The lowest BCUT2D eigenvalue weighted by molar-refractivity contribution is 0.414. The maximum Gasteiger partial charge on any atom is 0.0294 e. The summed E-state index contributed by atoms with van der Waals surface area (Å²) in [5, 5.41) is 3.79. The van der Waals surface area contributed by atoms with E-state index >= 15 is 0 Å². The van der Waals surface area contributed by atoms with E-state index in [1.807, 2.05) is 0 Å². The number of rotatable bonds is 3. The second-order valence-corrected chi connectivity index (χ2v) is 6.89. The van der Waals surface area contributed by atoms with Gasteiger partial charge in [-0.15, -0.1) is 0 Å². The lowest BCUT2D eigenvalue weighted by Crippen LogP contribution is -2.36. The summed E-state index contributed by atoms with van der Waals surface area (Å²) in [5.41, 5.74) is 4.43. The van der Waals surface area contributed by atoms with E-state index < -0.39 is 0 Å². The Morgan fingerprint density at radius 3 is 2.50 bits per heavy atom. The van der Waals surface area contributed by atoms with Crippen LogP contribution in [0.4, 0.5) is 0 Å². The first-order valence-corrected chi connectivity index (χ1v) is 8.38. The summed E-state index contributed by atoms with van der Waals surface area (Å²) in [4.78, 5) is 0. The number of benzene rings is 2. The molecule has 1 aliphatic rings. The highest BCUT2D eigenvalue weighted by Gasteiger charge is 2.19. The standard InChI is InChI=1S/C18H20IN/c1-13(14-6-9-17(19)10-7-14)20-18-11-8-15-4-2-3-5-16(15)12-18/h2-7,9-10,13,18,20H,8,11-12H2,1H3. The van der Waals surface area contributed by atoms with E-state index in [0.717, 1.165) is 6.42 Å². The molecule has 3 rings (SSSR count). The van der Waals surface area contributed by atoms with Crippen molar-refractivity contribution in [3.05, 3.63) is 68.8 Å². The Labute approximate surface area is 134 Å². The fourth-order valence-corrected chi connectivity index (χ4v) is 3.40. The first kappa shape index (κ1) is 14.1. The van der Waals surface area contributed by atoms with Gasteiger partial charge in [0.15, 0.2) is 0 Å². The SMILES string of the molecule is CC(NC1CCc2ccccc2C1)c1ccc(I)cc1. The predicted molar refractivity (Wildman–Crippen MR) is 93.0 cm³/mol. The van der Waals surface area contributed by atoms with Gasteiger partial charge in [-0.3, -0.25) is 0 Å². The van der Waals surface area contributed by atoms with E-state index in [2.05, 4.69) is 83.4 Å². The topological polar surface area (TPSA) is 12.0 Å². The van der Waals surface area contributed by atoms with Crippen molar-refractivity contribution in [2.24, 2.45) is 0 Å². The number of halogens is 1. The van der Waals surface area contributed by atoms with Gasteiger partial charge in [0.1, 0.15) is 0 Å². The summed E-state index contributed by atoms with van der Waals surface area (Å²) in [5.74, 6) is 0. The fraction of sp³-hybridized carbons (Fsp3) is 0.333. The van der Waals surface area contributed by atoms with E-state index in [0.29, 0.717) is 12.1 Å². The Balaban J connectivity index is 1.66. The van der Waals surface area contributed by atoms with Crippen molar-refractivity contribution in [1.82, 2.24) is 5.32 Å². The van der Waals surface area contributed by atoms with Gasteiger partial charge in [-0.2, -0.15) is 0 Å². The lowest BCUT2D eigenvalue weighted by atomic mass is 9.88. The molecule has 2 aromatic carbocycles. The molecule has 1 N–H and O–H groups in total. The molecule has 20 heavy (non-hydrogen) atoms.